The van der Waals surface area contributed by atoms with E-state index in [1.165, 1.54) is 6.92 Å². The van der Waals surface area contributed by atoms with Gasteiger partial charge < -0.3 is 10.2 Å². The van der Waals surface area contributed by atoms with Crippen LogP contribution in [0, 0.1) is 0 Å². The Balaban J connectivity index is 3.75. The Morgan fingerprint density at radius 3 is 2.38 bits per heavy atom. The van der Waals surface area contributed by atoms with Crippen LogP contribution < -0.4 is 0 Å². The smallest absolute Gasteiger partial charge is 0.156 e. The Morgan fingerprint density at radius 2 is 2.25 bits per heavy atom. The van der Waals surface area contributed by atoms with Crippen LogP contribution in [0.15, 0.2) is 11.8 Å². The monoisotopic (exact) mass is 116 g/mol. The van der Waals surface area contributed by atoms with Gasteiger partial charge in [0.2, 0.25) is 0 Å². The van der Waals surface area contributed by atoms with E-state index in [4.69, 9.17) is 10.2 Å². The molecule has 0 aromatic carbocycles. The number of rotatable bonds is 2. The lowest BCUT2D eigenvalue weighted by Gasteiger charge is -1.87. The average molecular weight is 116 g/mol. The van der Waals surface area contributed by atoms with Crippen LogP contribution in [0.25, 0.3) is 0 Å². The maximum absolute atomic E-state index is 10.1. The summed E-state index contributed by atoms with van der Waals surface area (Å²) in [6.45, 7) is 0.825. The highest BCUT2D eigenvalue weighted by atomic mass is 16.3. The first kappa shape index (κ1) is 7.17. The molecule has 0 aromatic rings. The van der Waals surface area contributed by atoms with Gasteiger partial charge in [-0.2, -0.15) is 0 Å². The highest BCUT2D eigenvalue weighted by molar-refractivity contribution is 5.87. The molecule has 0 fully saturated rings. The Kier molecular flexibility index (Phi) is 2.88. The second-order valence-corrected chi connectivity index (χ2v) is 1.40. The molecule has 0 atom stereocenters. The van der Waals surface area contributed by atoms with Crippen molar-refractivity contribution in [3.63, 3.8) is 0 Å². The first-order valence-electron chi connectivity index (χ1n) is 2.17. The van der Waals surface area contributed by atoms with Gasteiger partial charge in [0.15, 0.2) is 5.78 Å². The van der Waals surface area contributed by atoms with E-state index < -0.39 is 6.61 Å². The van der Waals surface area contributed by atoms with Crippen LogP contribution in [0.3, 0.4) is 0 Å². The van der Waals surface area contributed by atoms with Crippen LogP contribution in [0.1, 0.15) is 6.92 Å². The lowest BCUT2D eigenvalue weighted by molar-refractivity contribution is -0.112. The van der Waals surface area contributed by atoms with Gasteiger partial charge in [0, 0.05) is 6.08 Å². The van der Waals surface area contributed by atoms with Crippen molar-refractivity contribution in [3.8, 4) is 0 Å². The van der Waals surface area contributed by atoms with Crippen molar-refractivity contribution in [2.75, 3.05) is 6.61 Å². The van der Waals surface area contributed by atoms with E-state index in [0.29, 0.717) is 0 Å². The number of hydrogen-bond donors (Lipinski definition) is 2. The number of allylic oxidation sites excluding steroid dienone is 1. The Hall–Kier alpha value is -0.830. The topological polar surface area (TPSA) is 57.5 Å². The molecule has 0 aromatic heterocycles. The van der Waals surface area contributed by atoms with Gasteiger partial charge in [0.05, 0.1) is 0 Å². The molecule has 46 valence electrons. The lowest BCUT2D eigenvalue weighted by Crippen LogP contribution is -1.91. The minimum Gasteiger partial charge on any atom is -0.510 e. The number of hydrogen-bond acceptors (Lipinski definition) is 3. The van der Waals surface area contributed by atoms with E-state index in [-0.39, 0.29) is 11.5 Å². The van der Waals surface area contributed by atoms with Crippen LogP contribution in [0.2, 0.25) is 0 Å². The fraction of sp³-hybridized carbons (Fsp3) is 0.400. The fourth-order valence-electron chi connectivity index (χ4n) is 0.280. The van der Waals surface area contributed by atoms with E-state index in [2.05, 4.69) is 0 Å². The lowest BCUT2D eigenvalue weighted by atomic mass is 10.4. The number of carbonyl (C=O) groups is 1. The first-order chi connectivity index (χ1) is 3.66. The summed E-state index contributed by atoms with van der Waals surface area (Å²) in [5.41, 5.74) is 0. The molecular formula is C5H8O3. The van der Waals surface area contributed by atoms with E-state index in [0.717, 1.165) is 6.08 Å². The van der Waals surface area contributed by atoms with Crippen molar-refractivity contribution in [1.82, 2.24) is 0 Å². The zero-order valence-corrected chi connectivity index (χ0v) is 4.59. The van der Waals surface area contributed by atoms with Crippen LogP contribution in [-0.2, 0) is 4.79 Å². The van der Waals surface area contributed by atoms with E-state index >= 15 is 0 Å². The molecule has 0 amide bonds. The highest BCUT2D eigenvalue weighted by Crippen LogP contribution is 1.83. The third-order valence-corrected chi connectivity index (χ3v) is 0.532. The van der Waals surface area contributed by atoms with Crippen molar-refractivity contribution < 1.29 is 15.0 Å². The minimum absolute atomic E-state index is 0.267. The number of aliphatic hydroxyl groups excluding tert-OH is 2. The molecule has 0 aliphatic heterocycles. The summed E-state index contributed by atoms with van der Waals surface area (Å²) >= 11 is 0. The number of ketones is 1. The molecule has 0 bridgehead atoms. The molecule has 0 saturated carbocycles. The van der Waals surface area contributed by atoms with Crippen molar-refractivity contribution in [1.29, 1.82) is 0 Å². The summed E-state index contributed by atoms with van der Waals surface area (Å²) in [4.78, 5) is 10.1. The molecule has 0 rings (SSSR count). The van der Waals surface area contributed by atoms with Gasteiger partial charge in [0.25, 0.3) is 0 Å². The molecule has 0 aliphatic rings. The van der Waals surface area contributed by atoms with E-state index in [1.54, 1.807) is 0 Å². The molecule has 8 heavy (non-hydrogen) atoms. The summed E-state index contributed by atoms with van der Waals surface area (Å²) in [7, 11) is 0. The van der Waals surface area contributed by atoms with Gasteiger partial charge in [-0.25, -0.2) is 0 Å². The van der Waals surface area contributed by atoms with Gasteiger partial charge in [-0.1, -0.05) is 0 Å². The molecule has 0 saturated heterocycles. The largest absolute Gasteiger partial charge is 0.510 e. The van der Waals surface area contributed by atoms with E-state index in [9.17, 15) is 4.79 Å². The third kappa shape index (κ3) is 3.36. The van der Waals surface area contributed by atoms with Gasteiger partial charge in [-0.05, 0) is 6.92 Å². The molecule has 2 N–H and O–H groups in total. The molecule has 0 radical (unpaired) electrons. The predicted octanol–water partition coefficient (Wildman–Crippen LogP) is 0.00960. The summed E-state index contributed by atoms with van der Waals surface area (Å²) in [5, 5.41) is 16.5. The van der Waals surface area contributed by atoms with Crippen LogP contribution in [-0.4, -0.2) is 22.6 Å². The molecule has 0 heterocycles. The van der Waals surface area contributed by atoms with E-state index in [1.807, 2.05) is 0 Å². The standard InChI is InChI=1S/C5H8O3/c1-4(7)2-5(8)3-6/h2,6,8H,3H2,1H3. The maximum Gasteiger partial charge on any atom is 0.156 e. The summed E-state index contributed by atoms with van der Waals surface area (Å²) in [6, 6.07) is 0. The van der Waals surface area contributed by atoms with Crippen molar-refractivity contribution in [2.45, 2.75) is 6.92 Å². The molecular weight excluding hydrogens is 108 g/mol. The fourth-order valence-corrected chi connectivity index (χ4v) is 0.280. The van der Waals surface area contributed by atoms with Gasteiger partial charge in [-0.3, -0.25) is 4.79 Å². The normalized spacial score (nSPS) is 11.5. The molecule has 0 spiro atoms. The second kappa shape index (κ2) is 3.21. The summed E-state index contributed by atoms with van der Waals surface area (Å²) < 4.78 is 0. The maximum atomic E-state index is 10.1. The number of aliphatic hydroxyl groups is 2. The molecule has 0 unspecified atom stereocenters. The van der Waals surface area contributed by atoms with Crippen molar-refractivity contribution in [3.05, 3.63) is 11.8 Å². The zero-order chi connectivity index (χ0) is 6.57. The Bertz CT molecular complexity index is 115. The Morgan fingerprint density at radius 1 is 1.75 bits per heavy atom. The molecule has 3 heteroatoms. The van der Waals surface area contributed by atoms with Crippen LogP contribution >= 0.6 is 0 Å². The van der Waals surface area contributed by atoms with Crippen LogP contribution in [0.4, 0.5) is 0 Å². The average Bonchev–Trinajstić information content (AvgIpc) is 1.65. The Labute approximate surface area is 47.3 Å². The minimum atomic E-state index is -0.473. The zero-order valence-electron chi connectivity index (χ0n) is 4.59. The summed E-state index contributed by atoms with van der Waals surface area (Å²) in [5.74, 6) is -0.561. The predicted molar refractivity (Wildman–Crippen MR) is 28.5 cm³/mol. The first-order valence-corrected chi connectivity index (χ1v) is 2.17. The van der Waals surface area contributed by atoms with Crippen molar-refractivity contribution >= 4 is 5.78 Å². The van der Waals surface area contributed by atoms with Gasteiger partial charge in [0.1, 0.15) is 12.4 Å². The van der Waals surface area contributed by atoms with Gasteiger partial charge >= 0.3 is 0 Å². The second-order valence-electron chi connectivity index (χ2n) is 1.40. The SMILES string of the molecule is CC(=O)C=C(O)CO. The third-order valence-electron chi connectivity index (χ3n) is 0.532. The highest BCUT2D eigenvalue weighted by Gasteiger charge is 1.89. The van der Waals surface area contributed by atoms with Gasteiger partial charge in [-0.15, -0.1) is 0 Å². The quantitative estimate of drug-likeness (QED) is 0.394. The molecule has 0 aliphatic carbocycles. The molecule has 3 nitrogen and oxygen atoms in total. The van der Waals surface area contributed by atoms with Crippen molar-refractivity contribution in [2.24, 2.45) is 0 Å². The van der Waals surface area contributed by atoms with Crippen LogP contribution in [0.5, 0.6) is 0 Å². The number of carbonyl (C=O) groups excluding carboxylic acids is 1. The summed E-state index contributed by atoms with van der Waals surface area (Å²) in [6.07, 6.45) is 0.972.